The number of amides is 2. The maximum atomic E-state index is 13.1. The van der Waals surface area contributed by atoms with Crippen LogP contribution in [0.5, 0.6) is 0 Å². The highest BCUT2D eigenvalue weighted by Gasteiger charge is 2.29. The van der Waals surface area contributed by atoms with Crippen LogP contribution in [-0.2, 0) is 4.79 Å². The van der Waals surface area contributed by atoms with E-state index in [1.807, 2.05) is 42.5 Å². The summed E-state index contributed by atoms with van der Waals surface area (Å²) < 4.78 is 0. The number of nitrogens with zero attached hydrogens (tertiary/aromatic N) is 2. The molecule has 31 heavy (non-hydrogen) atoms. The van der Waals surface area contributed by atoms with Gasteiger partial charge >= 0.3 is 0 Å². The van der Waals surface area contributed by atoms with Gasteiger partial charge in [-0.15, -0.1) is 0 Å². The molecule has 0 unspecified atom stereocenters. The summed E-state index contributed by atoms with van der Waals surface area (Å²) in [4.78, 5) is 38.1. The molecule has 1 aliphatic rings. The smallest absolute Gasteiger partial charge is 0.271 e. The zero-order valence-electron chi connectivity index (χ0n) is 17.2. The Morgan fingerprint density at radius 2 is 1.74 bits per heavy atom. The SMILES string of the molecule is Cc1ccc([N+](=O)[O-])cc1NC(=O)C1CCN(C(=O)c2cccc3ccccc23)CC1. The lowest BCUT2D eigenvalue weighted by atomic mass is 9.94. The van der Waals surface area contributed by atoms with Crippen LogP contribution < -0.4 is 5.32 Å². The predicted molar refractivity (Wildman–Crippen MR) is 119 cm³/mol. The molecule has 158 valence electrons. The Morgan fingerprint density at radius 1 is 1.03 bits per heavy atom. The van der Waals surface area contributed by atoms with Crippen molar-refractivity contribution in [1.82, 2.24) is 4.90 Å². The van der Waals surface area contributed by atoms with Crippen molar-refractivity contribution in [1.29, 1.82) is 0 Å². The fourth-order valence-corrected chi connectivity index (χ4v) is 4.02. The first-order chi connectivity index (χ1) is 14.9. The van der Waals surface area contributed by atoms with Crippen molar-refractivity contribution in [2.75, 3.05) is 18.4 Å². The molecule has 1 saturated heterocycles. The van der Waals surface area contributed by atoms with Crippen LogP contribution in [0.1, 0.15) is 28.8 Å². The number of nitrogens with one attached hydrogen (secondary N) is 1. The van der Waals surface area contributed by atoms with E-state index in [1.165, 1.54) is 12.1 Å². The highest BCUT2D eigenvalue weighted by atomic mass is 16.6. The second kappa shape index (κ2) is 8.55. The van der Waals surface area contributed by atoms with Gasteiger partial charge in [-0.3, -0.25) is 19.7 Å². The number of carbonyl (C=O) groups is 2. The van der Waals surface area contributed by atoms with E-state index in [0.717, 1.165) is 16.3 Å². The summed E-state index contributed by atoms with van der Waals surface area (Å²) in [6.07, 6.45) is 1.10. The van der Waals surface area contributed by atoms with Gasteiger partial charge < -0.3 is 10.2 Å². The number of non-ortho nitro benzene ring substituents is 1. The van der Waals surface area contributed by atoms with Gasteiger partial charge in [-0.1, -0.05) is 42.5 Å². The topological polar surface area (TPSA) is 92.6 Å². The van der Waals surface area contributed by atoms with Crippen LogP contribution in [0, 0.1) is 23.0 Å². The van der Waals surface area contributed by atoms with Crippen molar-refractivity contribution in [3.05, 3.63) is 81.9 Å². The molecule has 1 N–H and O–H groups in total. The number of aryl methyl sites for hydroxylation is 1. The predicted octanol–water partition coefficient (Wildman–Crippen LogP) is 4.55. The van der Waals surface area contributed by atoms with Crippen molar-refractivity contribution in [2.45, 2.75) is 19.8 Å². The third-order valence-electron chi connectivity index (χ3n) is 5.86. The first kappa shape index (κ1) is 20.5. The summed E-state index contributed by atoms with van der Waals surface area (Å²) >= 11 is 0. The average Bonchev–Trinajstić information content (AvgIpc) is 2.79. The van der Waals surface area contributed by atoms with Crippen LogP contribution in [0.4, 0.5) is 11.4 Å². The lowest BCUT2D eigenvalue weighted by molar-refractivity contribution is -0.384. The van der Waals surface area contributed by atoms with Gasteiger partial charge in [-0.25, -0.2) is 0 Å². The summed E-state index contributed by atoms with van der Waals surface area (Å²) in [5.74, 6) is -0.429. The molecule has 1 fully saturated rings. The molecule has 0 atom stereocenters. The third-order valence-corrected chi connectivity index (χ3v) is 5.86. The van der Waals surface area contributed by atoms with Gasteiger partial charge in [0.25, 0.3) is 11.6 Å². The molecular weight excluding hydrogens is 394 g/mol. The van der Waals surface area contributed by atoms with Crippen LogP contribution >= 0.6 is 0 Å². The van der Waals surface area contributed by atoms with Crippen molar-refractivity contribution >= 4 is 34.0 Å². The van der Waals surface area contributed by atoms with E-state index in [2.05, 4.69) is 5.32 Å². The van der Waals surface area contributed by atoms with Crippen molar-refractivity contribution < 1.29 is 14.5 Å². The Hall–Kier alpha value is -3.74. The zero-order valence-corrected chi connectivity index (χ0v) is 17.2. The minimum atomic E-state index is -0.480. The van der Waals surface area contributed by atoms with Gasteiger partial charge in [-0.2, -0.15) is 0 Å². The Kier molecular flexibility index (Phi) is 5.66. The lowest BCUT2D eigenvalue weighted by Gasteiger charge is -2.31. The van der Waals surface area contributed by atoms with E-state index >= 15 is 0 Å². The highest BCUT2D eigenvalue weighted by molar-refractivity contribution is 6.07. The summed E-state index contributed by atoms with van der Waals surface area (Å²) in [7, 11) is 0. The lowest BCUT2D eigenvalue weighted by Crippen LogP contribution is -2.41. The molecule has 7 heteroatoms. The monoisotopic (exact) mass is 417 g/mol. The standard InChI is InChI=1S/C24H23N3O4/c1-16-9-10-19(27(30)31)15-22(16)25-23(28)18-11-13-26(14-12-18)24(29)21-8-4-6-17-5-2-3-7-20(17)21/h2-10,15,18H,11-14H2,1H3,(H,25,28). The number of nitro groups is 1. The fraction of sp³-hybridized carbons (Fsp3) is 0.250. The van der Waals surface area contributed by atoms with Crippen molar-refractivity contribution in [2.24, 2.45) is 5.92 Å². The normalized spacial score (nSPS) is 14.4. The fourth-order valence-electron chi connectivity index (χ4n) is 4.02. The molecule has 1 aliphatic heterocycles. The number of hydrogen-bond acceptors (Lipinski definition) is 4. The summed E-state index contributed by atoms with van der Waals surface area (Å²) in [6.45, 7) is 2.78. The van der Waals surface area contributed by atoms with E-state index in [4.69, 9.17) is 0 Å². The van der Waals surface area contributed by atoms with Gasteiger partial charge in [-0.05, 0) is 42.2 Å². The molecule has 0 radical (unpaired) electrons. The number of benzene rings is 3. The van der Waals surface area contributed by atoms with Crippen LogP contribution in [0.15, 0.2) is 60.7 Å². The molecule has 4 rings (SSSR count). The van der Waals surface area contributed by atoms with E-state index < -0.39 is 4.92 Å². The molecule has 3 aromatic carbocycles. The quantitative estimate of drug-likeness (QED) is 0.498. The zero-order chi connectivity index (χ0) is 22.0. The number of fused-ring (bicyclic) bond motifs is 1. The number of hydrogen-bond donors (Lipinski definition) is 1. The van der Waals surface area contributed by atoms with Crippen molar-refractivity contribution in [3.8, 4) is 0 Å². The first-order valence-electron chi connectivity index (χ1n) is 10.3. The first-order valence-corrected chi connectivity index (χ1v) is 10.3. The Labute approximate surface area is 179 Å². The molecular formula is C24H23N3O4. The number of anilines is 1. The van der Waals surface area contributed by atoms with Gasteiger partial charge in [0.1, 0.15) is 0 Å². The second-order valence-electron chi connectivity index (χ2n) is 7.84. The van der Waals surface area contributed by atoms with Gasteiger partial charge in [0.2, 0.25) is 5.91 Å². The second-order valence-corrected chi connectivity index (χ2v) is 7.84. The van der Waals surface area contributed by atoms with Crippen LogP contribution in [0.25, 0.3) is 10.8 Å². The summed E-state index contributed by atoms with van der Waals surface area (Å²) in [5.41, 5.74) is 1.83. The minimum Gasteiger partial charge on any atom is -0.339 e. The maximum Gasteiger partial charge on any atom is 0.271 e. The molecule has 0 aliphatic carbocycles. The van der Waals surface area contributed by atoms with Crippen LogP contribution in [0.2, 0.25) is 0 Å². The molecule has 7 nitrogen and oxygen atoms in total. The molecule has 0 saturated carbocycles. The molecule has 3 aromatic rings. The van der Waals surface area contributed by atoms with Crippen LogP contribution in [0.3, 0.4) is 0 Å². The summed E-state index contributed by atoms with van der Waals surface area (Å²) in [6, 6.07) is 17.9. The van der Waals surface area contributed by atoms with Crippen molar-refractivity contribution in [3.63, 3.8) is 0 Å². The number of likely N-dealkylation sites (tertiary alicyclic amines) is 1. The molecule has 0 spiro atoms. The Balaban J connectivity index is 1.42. The highest BCUT2D eigenvalue weighted by Crippen LogP contribution is 2.26. The van der Waals surface area contributed by atoms with Gasteiger partial charge in [0.05, 0.1) is 10.6 Å². The average molecular weight is 417 g/mol. The molecule has 1 heterocycles. The number of carbonyl (C=O) groups excluding carboxylic acids is 2. The number of nitro benzene ring substituents is 1. The van der Waals surface area contributed by atoms with Crippen LogP contribution in [-0.4, -0.2) is 34.7 Å². The minimum absolute atomic E-state index is 0.0230. The van der Waals surface area contributed by atoms with Gasteiger partial charge in [0.15, 0.2) is 0 Å². The Morgan fingerprint density at radius 3 is 2.48 bits per heavy atom. The van der Waals surface area contributed by atoms with E-state index in [9.17, 15) is 19.7 Å². The maximum absolute atomic E-state index is 13.1. The third kappa shape index (κ3) is 4.26. The van der Waals surface area contributed by atoms with E-state index in [1.54, 1.807) is 17.9 Å². The molecule has 0 bridgehead atoms. The molecule has 0 aromatic heterocycles. The van der Waals surface area contributed by atoms with E-state index in [-0.39, 0.29) is 23.4 Å². The van der Waals surface area contributed by atoms with Gasteiger partial charge in [0, 0.05) is 36.7 Å². The Bertz CT molecular complexity index is 1160. The number of rotatable bonds is 4. The van der Waals surface area contributed by atoms with E-state index in [0.29, 0.717) is 37.2 Å². The largest absolute Gasteiger partial charge is 0.339 e. The molecule has 2 amide bonds. The summed E-state index contributed by atoms with van der Waals surface area (Å²) in [5, 5.41) is 15.8. The number of piperidine rings is 1.